The van der Waals surface area contributed by atoms with E-state index in [1.54, 1.807) is 17.2 Å². The molecule has 4 heterocycles. The van der Waals surface area contributed by atoms with Crippen LogP contribution in [0.15, 0.2) is 30.9 Å². The maximum Gasteiger partial charge on any atom is 0.159 e. The van der Waals surface area contributed by atoms with E-state index in [9.17, 15) is 0 Å². The van der Waals surface area contributed by atoms with Crippen LogP contribution in [0.4, 0.5) is 5.82 Å². The van der Waals surface area contributed by atoms with Crippen molar-refractivity contribution in [3.8, 4) is 5.82 Å². The third kappa shape index (κ3) is 3.43. The van der Waals surface area contributed by atoms with E-state index in [0.717, 1.165) is 62.6 Å². The molecular formula is C17H23N9. The highest BCUT2D eigenvalue weighted by atomic mass is 15.4. The number of hydrogen-bond donors (Lipinski definition) is 0. The van der Waals surface area contributed by atoms with Gasteiger partial charge in [0.05, 0.1) is 6.54 Å². The molecule has 0 unspecified atom stereocenters. The van der Waals surface area contributed by atoms with Crippen LogP contribution in [0.2, 0.25) is 0 Å². The molecule has 9 heteroatoms. The molecular weight excluding hydrogens is 330 g/mol. The lowest BCUT2D eigenvalue weighted by Gasteiger charge is -2.35. The van der Waals surface area contributed by atoms with Crippen molar-refractivity contribution in [2.45, 2.75) is 26.9 Å². The summed E-state index contributed by atoms with van der Waals surface area (Å²) in [5.41, 5.74) is 0. The Morgan fingerprint density at radius 2 is 1.85 bits per heavy atom. The quantitative estimate of drug-likeness (QED) is 0.674. The number of nitrogens with zero attached hydrogens (tertiary/aromatic N) is 9. The fourth-order valence-corrected chi connectivity index (χ4v) is 3.23. The Morgan fingerprint density at radius 3 is 2.58 bits per heavy atom. The van der Waals surface area contributed by atoms with Gasteiger partial charge < -0.3 is 4.90 Å². The summed E-state index contributed by atoms with van der Waals surface area (Å²) in [4.78, 5) is 18.2. The SMILES string of the molecule is CCn1ncnc1CN1CCN(c2cc(-n3cccn3)nc(C)n2)CC1. The zero-order chi connectivity index (χ0) is 17.9. The average Bonchev–Trinajstić information content (AvgIpc) is 3.33. The molecule has 0 N–H and O–H groups in total. The van der Waals surface area contributed by atoms with Crippen molar-refractivity contribution in [1.82, 2.24) is 39.4 Å². The molecule has 1 aliphatic rings. The summed E-state index contributed by atoms with van der Waals surface area (Å²) in [6, 6.07) is 3.90. The van der Waals surface area contributed by atoms with Crippen LogP contribution in [0.5, 0.6) is 0 Å². The van der Waals surface area contributed by atoms with Crippen molar-refractivity contribution in [1.29, 1.82) is 0 Å². The first-order chi connectivity index (χ1) is 12.7. The Kier molecular flexibility index (Phi) is 4.61. The fraction of sp³-hybridized carbons (Fsp3) is 0.471. The van der Waals surface area contributed by atoms with E-state index < -0.39 is 0 Å². The molecule has 0 aromatic carbocycles. The topological polar surface area (TPSA) is 80.8 Å². The lowest BCUT2D eigenvalue weighted by molar-refractivity contribution is 0.239. The summed E-state index contributed by atoms with van der Waals surface area (Å²) in [5.74, 6) is 3.54. The van der Waals surface area contributed by atoms with E-state index in [2.05, 4.69) is 41.9 Å². The minimum absolute atomic E-state index is 0.756. The van der Waals surface area contributed by atoms with Gasteiger partial charge in [-0.1, -0.05) is 0 Å². The van der Waals surface area contributed by atoms with Crippen LogP contribution < -0.4 is 4.90 Å². The van der Waals surface area contributed by atoms with Gasteiger partial charge in [0.2, 0.25) is 0 Å². The molecule has 0 amide bonds. The van der Waals surface area contributed by atoms with E-state index in [0.29, 0.717) is 0 Å². The van der Waals surface area contributed by atoms with E-state index in [1.807, 2.05) is 29.9 Å². The Balaban J connectivity index is 1.43. The highest BCUT2D eigenvalue weighted by Crippen LogP contribution is 2.17. The molecule has 1 aliphatic heterocycles. The fourth-order valence-electron chi connectivity index (χ4n) is 3.23. The molecule has 0 atom stereocenters. The van der Waals surface area contributed by atoms with Crippen LogP contribution in [-0.4, -0.2) is 65.6 Å². The molecule has 9 nitrogen and oxygen atoms in total. The van der Waals surface area contributed by atoms with E-state index in [1.165, 1.54) is 0 Å². The minimum atomic E-state index is 0.756. The van der Waals surface area contributed by atoms with Gasteiger partial charge in [-0.15, -0.1) is 0 Å². The van der Waals surface area contributed by atoms with Crippen molar-refractivity contribution in [3.05, 3.63) is 42.5 Å². The maximum absolute atomic E-state index is 4.62. The van der Waals surface area contributed by atoms with Crippen LogP contribution in [-0.2, 0) is 13.1 Å². The molecule has 3 aromatic heterocycles. The Hall–Kier alpha value is -2.81. The lowest BCUT2D eigenvalue weighted by Crippen LogP contribution is -2.46. The predicted octanol–water partition coefficient (Wildman–Crippen LogP) is 0.904. The molecule has 3 aromatic rings. The molecule has 0 aliphatic carbocycles. The first kappa shape index (κ1) is 16.6. The first-order valence-corrected chi connectivity index (χ1v) is 8.92. The molecule has 0 saturated carbocycles. The molecule has 0 bridgehead atoms. The molecule has 1 fully saturated rings. The van der Waals surface area contributed by atoms with Gasteiger partial charge in [0, 0.05) is 51.2 Å². The van der Waals surface area contributed by atoms with Crippen molar-refractivity contribution >= 4 is 5.82 Å². The van der Waals surface area contributed by atoms with Crippen LogP contribution in [0.1, 0.15) is 18.6 Å². The molecule has 26 heavy (non-hydrogen) atoms. The summed E-state index contributed by atoms with van der Waals surface area (Å²) in [6.07, 6.45) is 5.29. The van der Waals surface area contributed by atoms with Crippen molar-refractivity contribution in [3.63, 3.8) is 0 Å². The highest BCUT2D eigenvalue weighted by Gasteiger charge is 2.20. The number of rotatable bonds is 5. The normalized spacial score (nSPS) is 15.5. The second-order valence-electron chi connectivity index (χ2n) is 6.34. The van der Waals surface area contributed by atoms with Gasteiger partial charge in [-0.25, -0.2) is 24.3 Å². The molecule has 4 rings (SSSR count). The van der Waals surface area contributed by atoms with Gasteiger partial charge >= 0.3 is 0 Å². The third-order valence-electron chi connectivity index (χ3n) is 4.61. The van der Waals surface area contributed by atoms with Gasteiger partial charge in [0.15, 0.2) is 5.82 Å². The molecule has 136 valence electrons. The van der Waals surface area contributed by atoms with E-state index >= 15 is 0 Å². The summed E-state index contributed by atoms with van der Waals surface area (Å²) in [6.45, 7) is 9.49. The van der Waals surface area contributed by atoms with Crippen LogP contribution in [0.3, 0.4) is 0 Å². The van der Waals surface area contributed by atoms with Crippen LogP contribution in [0.25, 0.3) is 5.82 Å². The maximum atomic E-state index is 4.62. The smallest absolute Gasteiger partial charge is 0.159 e. The Bertz CT molecular complexity index is 847. The number of aromatic nitrogens is 7. The van der Waals surface area contributed by atoms with Gasteiger partial charge in [-0.3, -0.25) is 4.90 Å². The summed E-state index contributed by atoms with van der Waals surface area (Å²) in [5, 5.41) is 8.52. The van der Waals surface area contributed by atoms with Crippen molar-refractivity contribution in [2.75, 3.05) is 31.1 Å². The summed E-state index contributed by atoms with van der Waals surface area (Å²) < 4.78 is 3.72. The number of aryl methyl sites for hydroxylation is 2. The van der Waals surface area contributed by atoms with Crippen LogP contribution in [0, 0.1) is 6.92 Å². The second-order valence-corrected chi connectivity index (χ2v) is 6.34. The lowest BCUT2D eigenvalue weighted by atomic mass is 10.3. The van der Waals surface area contributed by atoms with Gasteiger partial charge in [0.1, 0.15) is 23.8 Å². The standard InChI is InChI=1S/C17H23N9/c1-3-25-17(18-13-20-25)12-23-7-9-24(10-8-23)15-11-16(22-14(2)21-15)26-6-4-5-19-26/h4-6,11,13H,3,7-10,12H2,1-2H3. The van der Waals surface area contributed by atoms with Gasteiger partial charge in [-0.2, -0.15) is 10.2 Å². The van der Waals surface area contributed by atoms with E-state index in [-0.39, 0.29) is 0 Å². The van der Waals surface area contributed by atoms with E-state index in [4.69, 9.17) is 0 Å². The van der Waals surface area contributed by atoms with Gasteiger partial charge in [0.25, 0.3) is 0 Å². The number of piperazine rings is 1. The summed E-state index contributed by atoms with van der Waals surface area (Å²) in [7, 11) is 0. The number of hydrogen-bond acceptors (Lipinski definition) is 7. The number of anilines is 1. The highest BCUT2D eigenvalue weighted by molar-refractivity contribution is 5.44. The molecule has 0 spiro atoms. The monoisotopic (exact) mass is 353 g/mol. The largest absolute Gasteiger partial charge is 0.354 e. The second kappa shape index (κ2) is 7.20. The summed E-state index contributed by atoms with van der Waals surface area (Å²) >= 11 is 0. The van der Waals surface area contributed by atoms with Crippen LogP contribution >= 0.6 is 0 Å². The minimum Gasteiger partial charge on any atom is -0.354 e. The van der Waals surface area contributed by atoms with Crippen molar-refractivity contribution in [2.24, 2.45) is 0 Å². The average molecular weight is 353 g/mol. The van der Waals surface area contributed by atoms with Gasteiger partial charge in [-0.05, 0) is 19.9 Å². The third-order valence-corrected chi connectivity index (χ3v) is 4.61. The molecule has 0 radical (unpaired) electrons. The predicted molar refractivity (Wildman–Crippen MR) is 97.1 cm³/mol. The van der Waals surface area contributed by atoms with Crippen molar-refractivity contribution < 1.29 is 0 Å². The zero-order valence-electron chi connectivity index (χ0n) is 15.2. The molecule has 1 saturated heterocycles. The Labute approximate surface area is 152 Å². The zero-order valence-corrected chi connectivity index (χ0v) is 15.2. The first-order valence-electron chi connectivity index (χ1n) is 8.92. The Morgan fingerprint density at radius 1 is 1.04 bits per heavy atom.